The topological polar surface area (TPSA) is 242 Å². The summed E-state index contributed by atoms with van der Waals surface area (Å²) in [5, 5.41) is 3.07. The van der Waals surface area contributed by atoms with Crippen LogP contribution in [0.4, 0.5) is 5.82 Å². The molecular formula is C15H29N4O12P3. The average Bonchev–Trinajstić information content (AvgIpc) is 3.15. The third-order valence-corrected chi connectivity index (χ3v) is 8.30. The Morgan fingerprint density at radius 1 is 1.09 bits per heavy atom. The molecule has 0 bridgehead atoms. The van der Waals surface area contributed by atoms with Gasteiger partial charge >= 0.3 is 29.2 Å². The van der Waals surface area contributed by atoms with Gasteiger partial charge in [0.15, 0.2) is 0 Å². The van der Waals surface area contributed by atoms with Crippen molar-refractivity contribution in [1.82, 2.24) is 9.55 Å². The zero-order valence-electron chi connectivity index (χ0n) is 18.0. The highest BCUT2D eigenvalue weighted by Gasteiger charge is 2.41. The maximum absolute atomic E-state index is 12.3. The lowest BCUT2D eigenvalue weighted by molar-refractivity contribution is -0.0242. The van der Waals surface area contributed by atoms with Gasteiger partial charge in [-0.15, -0.1) is 0 Å². The lowest BCUT2D eigenvalue weighted by atomic mass is 10.2. The molecule has 19 heteroatoms. The first-order valence-electron chi connectivity index (χ1n) is 10.3. The molecule has 1 aromatic heterocycles. The first kappa shape index (κ1) is 29.2. The van der Waals surface area contributed by atoms with Crippen molar-refractivity contribution in [3.05, 3.63) is 22.7 Å². The molecule has 2 unspecified atom stereocenters. The van der Waals surface area contributed by atoms with E-state index in [1.165, 1.54) is 10.8 Å². The van der Waals surface area contributed by atoms with E-state index in [0.717, 1.165) is 25.7 Å². The Balaban J connectivity index is 1.82. The maximum atomic E-state index is 12.3. The summed E-state index contributed by atoms with van der Waals surface area (Å²) in [5.74, 6) is 0.419. The monoisotopic (exact) mass is 550 g/mol. The Labute approximate surface area is 194 Å². The second-order valence-corrected chi connectivity index (χ2v) is 11.7. The summed E-state index contributed by atoms with van der Waals surface area (Å²) >= 11 is 0. The van der Waals surface area contributed by atoms with E-state index in [4.69, 9.17) is 25.2 Å². The molecule has 2 rings (SSSR count). The molecule has 0 radical (unpaired) electrons. The van der Waals surface area contributed by atoms with Gasteiger partial charge in [-0.05, 0) is 38.3 Å². The predicted octanol–water partition coefficient (Wildman–Crippen LogP) is 1.20. The van der Waals surface area contributed by atoms with Crippen molar-refractivity contribution in [2.75, 3.05) is 25.0 Å². The molecule has 1 aliphatic rings. The van der Waals surface area contributed by atoms with E-state index >= 15 is 0 Å². The Morgan fingerprint density at radius 2 is 1.79 bits per heavy atom. The Bertz CT molecular complexity index is 1000. The van der Waals surface area contributed by atoms with Crippen molar-refractivity contribution >= 4 is 29.3 Å². The third kappa shape index (κ3) is 10.7. The minimum absolute atomic E-state index is 0.301. The summed E-state index contributed by atoms with van der Waals surface area (Å²) in [4.78, 5) is 52.0. The fourth-order valence-electron chi connectivity index (χ4n) is 3.06. The van der Waals surface area contributed by atoms with E-state index < -0.39 is 48.1 Å². The van der Waals surface area contributed by atoms with Crippen LogP contribution in [-0.4, -0.2) is 54.9 Å². The van der Waals surface area contributed by atoms with E-state index in [9.17, 15) is 23.4 Å². The quantitative estimate of drug-likeness (QED) is 0.133. The molecule has 0 aromatic carbocycles. The van der Waals surface area contributed by atoms with Crippen LogP contribution in [0.25, 0.3) is 0 Å². The number of phosphoric acid groups is 3. The number of rotatable bonds is 15. The van der Waals surface area contributed by atoms with Crippen LogP contribution in [-0.2, 0) is 31.6 Å². The summed E-state index contributed by atoms with van der Waals surface area (Å²) in [5.41, 5.74) is 4.88. The molecule has 1 fully saturated rings. The largest absolute Gasteiger partial charge is 0.490 e. The first-order chi connectivity index (χ1) is 15.8. The standard InChI is InChI=1S/C15H29N4O12P3/c16-8-3-1-2-4-9-17-13-7-10-19(15(20)18-13)14-6-5-12(29-14)11-28-33(24,25)31-34(26,27)30-32(21,22)23/h7,10,12,14H,1-6,8-9,11,16H2,(H,24,25)(H,26,27)(H,17,18,20)(H2,21,22,23)/t12-,14+/m0/s1. The zero-order chi connectivity index (χ0) is 25.4. The summed E-state index contributed by atoms with van der Waals surface area (Å²) in [6.07, 6.45) is 4.57. The van der Waals surface area contributed by atoms with Gasteiger partial charge in [0, 0.05) is 12.7 Å². The molecule has 7 N–H and O–H groups in total. The van der Waals surface area contributed by atoms with Gasteiger partial charge in [-0.25, -0.2) is 18.5 Å². The fraction of sp³-hybridized carbons (Fsp3) is 0.733. The molecule has 0 spiro atoms. The molecule has 1 aliphatic heterocycles. The minimum atomic E-state index is -5.59. The first-order valence-corrected chi connectivity index (χ1v) is 14.8. The second kappa shape index (κ2) is 12.8. The van der Waals surface area contributed by atoms with Gasteiger partial charge in [0.2, 0.25) is 0 Å². The number of anilines is 1. The summed E-state index contributed by atoms with van der Waals surface area (Å²) in [7, 11) is -16.3. The number of phosphoric ester groups is 1. The third-order valence-electron chi connectivity index (χ3n) is 4.50. The molecular weight excluding hydrogens is 521 g/mol. The van der Waals surface area contributed by atoms with Crippen LogP contribution in [0.1, 0.15) is 44.8 Å². The van der Waals surface area contributed by atoms with E-state index in [0.29, 0.717) is 31.7 Å². The molecule has 2 heterocycles. The number of ether oxygens (including phenoxy) is 1. The van der Waals surface area contributed by atoms with Crippen molar-refractivity contribution in [2.45, 2.75) is 50.9 Å². The molecule has 4 atom stereocenters. The zero-order valence-corrected chi connectivity index (χ0v) is 20.7. The molecule has 0 saturated carbocycles. The SMILES string of the molecule is NCCCCCCNc1ccn([C@H]2CC[C@@H](COP(=O)(O)OP(=O)(O)OP(=O)(O)O)O2)c(=O)n1. The van der Waals surface area contributed by atoms with E-state index in [-0.39, 0.29) is 0 Å². The van der Waals surface area contributed by atoms with Crippen LogP contribution in [0.2, 0.25) is 0 Å². The maximum Gasteiger partial charge on any atom is 0.490 e. The summed E-state index contributed by atoms with van der Waals surface area (Å²) < 4.78 is 52.4. The second-order valence-electron chi connectivity index (χ2n) is 7.31. The minimum Gasteiger partial charge on any atom is -0.370 e. The van der Waals surface area contributed by atoms with Crippen LogP contribution >= 0.6 is 23.5 Å². The van der Waals surface area contributed by atoms with Crippen LogP contribution in [0.5, 0.6) is 0 Å². The van der Waals surface area contributed by atoms with Gasteiger partial charge in [0.25, 0.3) is 0 Å². The van der Waals surface area contributed by atoms with Crippen molar-refractivity contribution in [3.8, 4) is 0 Å². The van der Waals surface area contributed by atoms with Gasteiger partial charge in [-0.1, -0.05) is 12.8 Å². The Kier molecular flexibility index (Phi) is 11.0. The molecule has 0 amide bonds. The molecule has 1 saturated heterocycles. The number of nitrogens with two attached hydrogens (primary N) is 1. The molecule has 196 valence electrons. The van der Waals surface area contributed by atoms with Gasteiger partial charge in [0.05, 0.1) is 12.7 Å². The number of aromatic nitrogens is 2. The van der Waals surface area contributed by atoms with Crippen molar-refractivity contribution in [2.24, 2.45) is 5.73 Å². The Morgan fingerprint density at radius 3 is 2.44 bits per heavy atom. The fourth-order valence-corrected chi connectivity index (χ4v) is 6.11. The molecule has 1 aromatic rings. The van der Waals surface area contributed by atoms with Gasteiger partial charge < -0.3 is 35.4 Å². The average molecular weight is 550 g/mol. The van der Waals surface area contributed by atoms with Gasteiger partial charge in [-0.2, -0.15) is 13.6 Å². The van der Waals surface area contributed by atoms with Crippen molar-refractivity contribution in [3.63, 3.8) is 0 Å². The lowest BCUT2D eigenvalue weighted by Gasteiger charge is -2.19. The van der Waals surface area contributed by atoms with E-state index in [1.54, 1.807) is 6.07 Å². The summed E-state index contributed by atoms with van der Waals surface area (Å²) in [6.45, 7) is 0.741. The van der Waals surface area contributed by atoms with Crippen LogP contribution in [0.3, 0.4) is 0 Å². The molecule has 16 nitrogen and oxygen atoms in total. The van der Waals surface area contributed by atoms with E-state index in [2.05, 4.69) is 23.4 Å². The lowest BCUT2D eigenvalue weighted by Crippen LogP contribution is -2.28. The predicted molar refractivity (Wildman–Crippen MR) is 117 cm³/mol. The highest BCUT2D eigenvalue weighted by atomic mass is 31.3. The number of unbranched alkanes of at least 4 members (excludes halogenated alkanes) is 3. The molecule has 34 heavy (non-hydrogen) atoms. The number of nitrogens with one attached hydrogen (secondary N) is 1. The number of hydrogen-bond acceptors (Lipinski definition) is 11. The Hall–Kier alpha value is -0.990. The highest BCUT2D eigenvalue weighted by molar-refractivity contribution is 7.66. The van der Waals surface area contributed by atoms with Crippen LogP contribution < -0.4 is 16.7 Å². The number of nitrogens with zero attached hydrogens (tertiary/aromatic N) is 2. The van der Waals surface area contributed by atoms with Gasteiger partial charge in [0.1, 0.15) is 12.0 Å². The van der Waals surface area contributed by atoms with E-state index in [1.807, 2.05) is 0 Å². The molecule has 0 aliphatic carbocycles. The van der Waals surface area contributed by atoms with Crippen LogP contribution in [0.15, 0.2) is 17.1 Å². The van der Waals surface area contributed by atoms with Crippen LogP contribution in [0, 0.1) is 0 Å². The van der Waals surface area contributed by atoms with Gasteiger partial charge in [-0.3, -0.25) is 9.09 Å². The smallest absolute Gasteiger partial charge is 0.370 e. The highest BCUT2D eigenvalue weighted by Crippen LogP contribution is 2.66. The van der Waals surface area contributed by atoms with Crippen molar-refractivity contribution in [1.29, 1.82) is 0 Å². The normalized spacial score (nSPS) is 22.3. The summed E-state index contributed by atoms with van der Waals surface area (Å²) in [6, 6.07) is 1.62. The number of hydrogen-bond donors (Lipinski definition) is 6. The van der Waals surface area contributed by atoms with Crippen molar-refractivity contribution < 1.29 is 51.2 Å².